The molecule has 1 aliphatic heterocycles. The minimum Gasteiger partial charge on any atom is -0.444 e. The maximum absolute atomic E-state index is 5.73. The maximum atomic E-state index is 5.73. The number of hydrogen-bond donors (Lipinski definition) is 2. The minimum atomic E-state index is 0. The lowest BCUT2D eigenvalue weighted by Gasteiger charge is -2.31. The number of aryl methyl sites for hydroxylation is 3. The van der Waals surface area contributed by atoms with Crippen LogP contribution in [0.3, 0.4) is 0 Å². The summed E-state index contributed by atoms with van der Waals surface area (Å²) in [7, 11) is 0. The van der Waals surface area contributed by atoms with Crippen molar-refractivity contribution in [3.05, 3.63) is 33.4 Å². The molecular weight excluding hydrogens is 511 g/mol. The molecule has 0 amide bonds. The molecule has 9 heteroatoms. The van der Waals surface area contributed by atoms with Crippen LogP contribution < -0.4 is 10.6 Å². The summed E-state index contributed by atoms with van der Waals surface area (Å²) in [6, 6.07) is 0. The van der Waals surface area contributed by atoms with Crippen molar-refractivity contribution in [2.24, 2.45) is 10.9 Å². The zero-order valence-corrected chi connectivity index (χ0v) is 21.7. The van der Waals surface area contributed by atoms with Gasteiger partial charge in [0, 0.05) is 24.2 Å². The summed E-state index contributed by atoms with van der Waals surface area (Å²) in [5, 5.41) is 7.94. The van der Waals surface area contributed by atoms with Gasteiger partial charge in [0.1, 0.15) is 10.8 Å². The van der Waals surface area contributed by atoms with E-state index in [0.717, 1.165) is 67.5 Å². The zero-order valence-electron chi connectivity index (χ0n) is 18.5. The Morgan fingerprint density at radius 3 is 2.63 bits per heavy atom. The molecule has 0 aliphatic carbocycles. The molecule has 2 aromatic heterocycles. The van der Waals surface area contributed by atoms with Crippen molar-refractivity contribution in [2.45, 2.75) is 60.0 Å². The van der Waals surface area contributed by atoms with Crippen LogP contribution in [-0.4, -0.2) is 47.0 Å². The van der Waals surface area contributed by atoms with Gasteiger partial charge in [0.2, 0.25) is 5.89 Å². The predicted molar refractivity (Wildman–Crippen MR) is 134 cm³/mol. The van der Waals surface area contributed by atoms with Crippen LogP contribution in [0.25, 0.3) is 0 Å². The van der Waals surface area contributed by atoms with Crippen molar-refractivity contribution < 1.29 is 4.42 Å². The fourth-order valence-electron chi connectivity index (χ4n) is 3.46. The molecule has 30 heavy (non-hydrogen) atoms. The van der Waals surface area contributed by atoms with Crippen molar-refractivity contribution >= 4 is 41.3 Å². The Hall–Kier alpha value is -1.20. The number of halogens is 1. The number of rotatable bonds is 8. The highest BCUT2D eigenvalue weighted by atomic mass is 127. The number of thiazole rings is 1. The van der Waals surface area contributed by atoms with Gasteiger partial charge in [0.25, 0.3) is 0 Å². The molecule has 0 spiro atoms. The molecule has 3 heterocycles. The summed E-state index contributed by atoms with van der Waals surface area (Å²) in [5.74, 6) is 3.31. The summed E-state index contributed by atoms with van der Waals surface area (Å²) >= 11 is 1.75. The first-order valence-corrected chi connectivity index (χ1v) is 11.5. The van der Waals surface area contributed by atoms with Gasteiger partial charge in [0.15, 0.2) is 5.96 Å². The summed E-state index contributed by atoms with van der Waals surface area (Å²) < 4.78 is 5.73. The van der Waals surface area contributed by atoms with Gasteiger partial charge in [-0.3, -0.25) is 4.90 Å². The minimum absolute atomic E-state index is 0. The van der Waals surface area contributed by atoms with Gasteiger partial charge in [0.05, 0.1) is 18.8 Å². The van der Waals surface area contributed by atoms with E-state index < -0.39 is 0 Å². The number of guanidine groups is 1. The quantitative estimate of drug-likeness (QED) is 0.297. The van der Waals surface area contributed by atoms with Crippen molar-refractivity contribution in [2.75, 3.05) is 26.2 Å². The van der Waals surface area contributed by atoms with E-state index in [1.54, 1.807) is 11.3 Å². The van der Waals surface area contributed by atoms with Gasteiger partial charge in [-0.1, -0.05) is 6.92 Å². The highest BCUT2D eigenvalue weighted by Gasteiger charge is 2.21. The van der Waals surface area contributed by atoms with E-state index in [2.05, 4.69) is 39.3 Å². The van der Waals surface area contributed by atoms with E-state index in [1.807, 2.05) is 20.0 Å². The van der Waals surface area contributed by atoms with Crippen molar-refractivity contribution in [1.82, 2.24) is 25.5 Å². The van der Waals surface area contributed by atoms with Crippen LogP contribution in [0.4, 0.5) is 0 Å². The number of aliphatic imine (C=N–C) groups is 1. The monoisotopic (exact) mass is 546 g/mol. The third-order valence-corrected chi connectivity index (χ3v) is 6.49. The van der Waals surface area contributed by atoms with E-state index in [0.29, 0.717) is 12.5 Å². The molecule has 168 valence electrons. The van der Waals surface area contributed by atoms with E-state index in [-0.39, 0.29) is 24.0 Å². The second kappa shape index (κ2) is 12.6. The Morgan fingerprint density at radius 2 is 2.03 bits per heavy atom. The first kappa shape index (κ1) is 25.1. The number of nitrogens with one attached hydrogen (secondary N) is 2. The number of piperidine rings is 1. The molecule has 2 aromatic rings. The number of likely N-dealkylation sites (tertiary alicyclic amines) is 1. The van der Waals surface area contributed by atoms with Gasteiger partial charge >= 0.3 is 0 Å². The number of nitrogens with zero attached hydrogens (tertiary/aromatic N) is 4. The number of oxazole rings is 1. The largest absolute Gasteiger partial charge is 0.444 e. The van der Waals surface area contributed by atoms with Crippen LogP contribution in [0.5, 0.6) is 0 Å². The molecule has 1 aliphatic rings. The van der Waals surface area contributed by atoms with Crippen molar-refractivity contribution in [3.8, 4) is 0 Å². The fraction of sp³-hybridized carbons (Fsp3) is 0.667. The van der Waals surface area contributed by atoms with E-state index in [4.69, 9.17) is 9.41 Å². The molecule has 0 aromatic carbocycles. The van der Waals surface area contributed by atoms with Crippen LogP contribution in [0.1, 0.15) is 53.9 Å². The molecule has 7 nitrogen and oxygen atoms in total. The van der Waals surface area contributed by atoms with Gasteiger partial charge in [-0.25, -0.2) is 15.0 Å². The van der Waals surface area contributed by atoms with Gasteiger partial charge in [-0.2, -0.15) is 0 Å². The van der Waals surface area contributed by atoms with Crippen LogP contribution in [-0.2, 0) is 19.5 Å². The fourth-order valence-corrected chi connectivity index (χ4v) is 4.25. The van der Waals surface area contributed by atoms with Crippen LogP contribution in [0.2, 0.25) is 0 Å². The normalized spacial score (nSPS) is 15.8. The summed E-state index contributed by atoms with van der Waals surface area (Å²) in [6.07, 6.45) is 5.35. The van der Waals surface area contributed by atoms with Crippen LogP contribution >= 0.6 is 35.3 Å². The van der Waals surface area contributed by atoms with Crippen molar-refractivity contribution in [1.29, 1.82) is 0 Å². The lowest BCUT2D eigenvalue weighted by molar-refractivity contribution is 0.164. The van der Waals surface area contributed by atoms with Crippen LogP contribution in [0, 0.1) is 19.8 Å². The molecule has 1 fully saturated rings. The van der Waals surface area contributed by atoms with Gasteiger partial charge < -0.3 is 15.1 Å². The number of aromatic nitrogens is 2. The maximum Gasteiger partial charge on any atom is 0.208 e. The summed E-state index contributed by atoms with van der Waals surface area (Å²) in [4.78, 5) is 17.4. The Morgan fingerprint density at radius 1 is 1.27 bits per heavy atom. The summed E-state index contributed by atoms with van der Waals surface area (Å²) in [5.41, 5.74) is 0.998. The standard InChI is InChI=1S/C21H34N6OS.HI/c1-5-18-12-23-20(29-18)13-25-21(22-6-2)24-11-17-7-9-27(10-8-17)14-19-26-15(3)16(4)28-19;/h12,17H,5-11,13-14H2,1-4H3,(H2,22,24,25);1H. The van der Waals surface area contributed by atoms with Gasteiger partial charge in [-0.05, 0) is 59.0 Å². The van der Waals surface area contributed by atoms with Gasteiger partial charge in [-0.15, -0.1) is 35.3 Å². The molecule has 0 atom stereocenters. The molecule has 3 rings (SSSR count). The third kappa shape index (κ3) is 7.49. The highest BCUT2D eigenvalue weighted by molar-refractivity contribution is 14.0. The first-order chi connectivity index (χ1) is 14.1. The molecule has 2 N–H and O–H groups in total. The predicted octanol–water partition coefficient (Wildman–Crippen LogP) is 3.90. The Kier molecular flexibility index (Phi) is 10.5. The third-order valence-electron chi connectivity index (χ3n) is 5.36. The molecular formula is C21H35IN6OS. The second-order valence-electron chi connectivity index (χ2n) is 7.62. The molecule has 0 saturated carbocycles. The average Bonchev–Trinajstić information content (AvgIpc) is 3.31. The lowest BCUT2D eigenvalue weighted by atomic mass is 9.97. The van der Waals surface area contributed by atoms with Crippen molar-refractivity contribution in [3.63, 3.8) is 0 Å². The molecule has 0 unspecified atom stereocenters. The summed E-state index contributed by atoms with van der Waals surface area (Å²) in [6.45, 7) is 13.7. The molecule has 0 bridgehead atoms. The second-order valence-corrected chi connectivity index (χ2v) is 8.82. The number of hydrogen-bond acceptors (Lipinski definition) is 6. The zero-order chi connectivity index (χ0) is 20.6. The Balaban J connectivity index is 0.00000320. The van der Waals surface area contributed by atoms with E-state index >= 15 is 0 Å². The average molecular weight is 547 g/mol. The van der Waals surface area contributed by atoms with E-state index in [1.165, 1.54) is 17.7 Å². The highest BCUT2D eigenvalue weighted by Crippen LogP contribution is 2.19. The first-order valence-electron chi connectivity index (χ1n) is 10.7. The Bertz CT molecular complexity index is 778. The molecule has 0 radical (unpaired) electrons. The Labute approximate surface area is 201 Å². The SMILES string of the molecule is CCNC(=NCc1ncc(CC)s1)NCC1CCN(Cc2nc(C)c(C)o2)CC1.I. The van der Waals surface area contributed by atoms with E-state index in [9.17, 15) is 0 Å². The smallest absolute Gasteiger partial charge is 0.208 e. The van der Waals surface area contributed by atoms with Crippen LogP contribution in [0.15, 0.2) is 15.6 Å². The molecule has 1 saturated heterocycles. The lowest BCUT2D eigenvalue weighted by Crippen LogP contribution is -2.42. The topological polar surface area (TPSA) is 78.6 Å².